The lowest BCUT2D eigenvalue weighted by atomic mass is 10.1. The number of benzene rings is 2. The van der Waals surface area contributed by atoms with Crippen molar-refractivity contribution in [3.8, 4) is 11.8 Å². The molecule has 0 spiro atoms. The Morgan fingerprint density at radius 2 is 1.77 bits per heavy atom. The van der Waals surface area contributed by atoms with Crippen LogP contribution in [0.2, 0.25) is 0 Å². The van der Waals surface area contributed by atoms with E-state index in [0.717, 1.165) is 11.3 Å². The van der Waals surface area contributed by atoms with E-state index < -0.39 is 0 Å². The molecule has 3 nitrogen and oxygen atoms in total. The van der Waals surface area contributed by atoms with Crippen molar-refractivity contribution in [3.63, 3.8) is 0 Å². The van der Waals surface area contributed by atoms with Crippen LogP contribution in [-0.2, 0) is 0 Å². The van der Waals surface area contributed by atoms with E-state index in [4.69, 9.17) is 11.5 Å². The van der Waals surface area contributed by atoms with Gasteiger partial charge in [-0.1, -0.05) is 42.2 Å². The molecular formula is C19H17N3. The van der Waals surface area contributed by atoms with Crippen LogP contribution in [-0.4, -0.2) is 6.04 Å². The number of nitrogens with two attached hydrogens (primary N) is 2. The minimum absolute atomic E-state index is 0.119. The molecule has 1 aliphatic rings. The van der Waals surface area contributed by atoms with Gasteiger partial charge < -0.3 is 16.4 Å². The van der Waals surface area contributed by atoms with Crippen molar-refractivity contribution in [2.75, 3.05) is 10.6 Å². The minimum atomic E-state index is -0.119. The number of allylic oxidation sites excluding steroid dienone is 2. The van der Waals surface area contributed by atoms with E-state index in [1.165, 1.54) is 0 Å². The Balaban J connectivity index is 1.94. The van der Waals surface area contributed by atoms with Crippen molar-refractivity contribution in [1.29, 1.82) is 0 Å². The summed E-state index contributed by atoms with van der Waals surface area (Å²) < 4.78 is 0. The van der Waals surface area contributed by atoms with Crippen LogP contribution in [0.1, 0.15) is 5.56 Å². The van der Waals surface area contributed by atoms with Gasteiger partial charge in [-0.25, -0.2) is 0 Å². The molecule has 2 aromatic carbocycles. The third kappa shape index (κ3) is 2.97. The first kappa shape index (κ1) is 13.8. The molecule has 2 aromatic rings. The Morgan fingerprint density at radius 3 is 2.55 bits per heavy atom. The van der Waals surface area contributed by atoms with Gasteiger partial charge in [0.1, 0.15) is 11.9 Å². The largest absolute Gasteiger partial charge is 0.399 e. The summed E-state index contributed by atoms with van der Waals surface area (Å²) >= 11 is 0. The molecule has 0 amide bonds. The fourth-order valence-electron chi connectivity index (χ4n) is 2.36. The van der Waals surface area contributed by atoms with Gasteiger partial charge in [0.25, 0.3) is 0 Å². The summed E-state index contributed by atoms with van der Waals surface area (Å²) in [6.45, 7) is 0. The maximum absolute atomic E-state index is 6.15. The highest BCUT2D eigenvalue weighted by Gasteiger charge is 2.19. The standard InChI is InChI=1S/C19H17N3/c20-16-8-4-10-18(14-16)22-17(9-5-11-19(22)21)13-12-15-6-2-1-3-7-15/h1-11,14,17H,20-21H2. The van der Waals surface area contributed by atoms with E-state index in [-0.39, 0.29) is 6.04 Å². The molecule has 108 valence electrons. The highest BCUT2D eigenvalue weighted by atomic mass is 15.2. The molecule has 1 aliphatic heterocycles. The van der Waals surface area contributed by atoms with Crippen molar-refractivity contribution in [3.05, 3.63) is 84.2 Å². The van der Waals surface area contributed by atoms with Gasteiger partial charge in [-0.05, 0) is 42.5 Å². The predicted molar refractivity (Wildman–Crippen MR) is 91.9 cm³/mol. The highest BCUT2D eigenvalue weighted by molar-refractivity contribution is 5.63. The smallest absolute Gasteiger partial charge is 0.116 e. The van der Waals surface area contributed by atoms with Crippen LogP contribution in [0, 0.1) is 11.8 Å². The summed E-state index contributed by atoms with van der Waals surface area (Å²) in [6, 6.07) is 17.4. The lowest BCUT2D eigenvalue weighted by molar-refractivity contribution is 0.880. The number of rotatable bonds is 1. The topological polar surface area (TPSA) is 55.3 Å². The monoisotopic (exact) mass is 287 g/mol. The van der Waals surface area contributed by atoms with Crippen molar-refractivity contribution < 1.29 is 0 Å². The molecule has 0 saturated heterocycles. The van der Waals surface area contributed by atoms with E-state index in [0.29, 0.717) is 11.5 Å². The van der Waals surface area contributed by atoms with Gasteiger partial charge in [0.05, 0.1) is 0 Å². The Kier molecular flexibility index (Phi) is 3.84. The molecular weight excluding hydrogens is 270 g/mol. The van der Waals surface area contributed by atoms with Gasteiger partial charge in [0, 0.05) is 16.9 Å². The van der Waals surface area contributed by atoms with Crippen LogP contribution < -0.4 is 16.4 Å². The number of anilines is 2. The fourth-order valence-corrected chi connectivity index (χ4v) is 2.36. The van der Waals surface area contributed by atoms with Gasteiger partial charge in [-0.3, -0.25) is 0 Å². The summed E-state index contributed by atoms with van der Waals surface area (Å²) in [5.74, 6) is 7.11. The summed E-state index contributed by atoms with van der Waals surface area (Å²) in [5, 5.41) is 0. The Bertz CT molecular complexity index is 779. The SMILES string of the molecule is NC1=CC=CC(C#Cc2ccccc2)N1c1cccc(N)c1. The lowest BCUT2D eigenvalue weighted by Crippen LogP contribution is -2.37. The molecule has 0 saturated carbocycles. The second kappa shape index (κ2) is 6.11. The molecule has 0 aliphatic carbocycles. The molecule has 22 heavy (non-hydrogen) atoms. The van der Waals surface area contributed by atoms with E-state index in [9.17, 15) is 0 Å². The molecule has 0 bridgehead atoms. The van der Waals surface area contributed by atoms with Crippen LogP contribution in [0.25, 0.3) is 0 Å². The Labute approximate surface area is 130 Å². The lowest BCUT2D eigenvalue weighted by Gasteiger charge is -2.31. The van der Waals surface area contributed by atoms with E-state index in [1.807, 2.05) is 77.7 Å². The first-order valence-electron chi connectivity index (χ1n) is 7.09. The van der Waals surface area contributed by atoms with Crippen molar-refractivity contribution in [2.45, 2.75) is 6.04 Å². The summed E-state index contributed by atoms with van der Waals surface area (Å²) in [5.41, 5.74) is 14.6. The third-order valence-corrected chi connectivity index (χ3v) is 3.40. The van der Waals surface area contributed by atoms with Gasteiger partial charge in [0.15, 0.2) is 0 Å². The first-order valence-corrected chi connectivity index (χ1v) is 7.09. The molecule has 3 rings (SSSR count). The predicted octanol–water partition coefficient (Wildman–Crippen LogP) is 2.87. The highest BCUT2D eigenvalue weighted by Crippen LogP contribution is 2.25. The molecule has 4 N–H and O–H groups in total. The number of nitrogen functional groups attached to an aromatic ring is 1. The zero-order valence-electron chi connectivity index (χ0n) is 12.1. The molecule has 0 aromatic heterocycles. The third-order valence-electron chi connectivity index (χ3n) is 3.40. The summed E-state index contributed by atoms with van der Waals surface area (Å²) in [4.78, 5) is 1.98. The molecule has 1 unspecified atom stereocenters. The second-order valence-corrected chi connectivity index (χ2v) is 5.02. The van der Waals surface area contributed by atoms with Gasteiger partial charge in [0.2, 0.25) is 0 Å². The Hall–Kier alpha value is -3.12. The van der Waals surface area contributed by atoms with Crippen LogP contribution in [0.4, 0.5) is 11.4 Å². The molecule has 3 heteroatoms. The van der Waals surface area contributed by atoms with Crippen molar-refractivity contribution in [1.82, 2.24) is 0 Å². The normalized spacial score (nSPS) is 16.6. The van der Waals surface area contributed by atoms with E-state index >= 15 is 0 Å². The maximum atomic E-state index is 6.15. The maximum Gasteiger partial charge on any atom is 0.116 e. The zero-order valence-corrected chi connectivity index (χ0v) is 12.1. The number of hydrogen-bond donors (Lipinski definition) is 2. The molecule has 0 fully saturated rings. The second-order valence-electron chi connectivity index (χ2n) is 5.02. The average Bonchev–Trinajstić information content (AvgIpc) is 2.54. The molecule has 1 atom stereocenters. The Morgan fingerprint density at radius 1 is 0.955 bits per heavy atom. The van der Waals surface area contributed by atoms with Crippen LogP contribution in [0.3, 0.4) is 0 Å². The van der Waals surface area contributed by atoms with Gasteiger partial charge >= 0.3 is 0 Å². The van der Waals surface area contributed by atoms with Gasteiger partial charge in [-0.15, -0.1) is 0 Å². The minimum Gasteiger partial charge on any atom is -0.399 e. The van der Waals surface area contributed by atoms with Gasteiger partial charge in [-0.2, -0.15) is 0 Å². The average molecular weight is 287 g/mol. The number of nitrogens with zero attached hydrogens (tertiary/aromatic N) is 1. The summed E-state index contributed by atoms with van der Waals surface area (Å²) in [6.07, 6.45) is 5.82. The zero-order chi connectivity index (χ0) is 15.4. The van der Waals surface area contributed by atoms with Crippen LogP contribution in [0.15, 0.2) is 78.6 Å². The van der Waals surface area contributed by atoms with E-state index in [2.05, 4.69) is 11.8 Å². The van der Waals surface area contributed by atoms with Crippen LogP contribution in [0.5, 0.6) is 0 Å². The molecule has 0 radical (unpaired) electrons. The number of hydrogen-bond acceptors (Lipinski definition) is 3. The van der Waals surface area contributed by atoms with Crippen LogP contribution >= 0.6 is 0 Å². The van der Waals surface area contributed by atoms with Crippen molar-refractivity contribution >= 4 is 11.4 Å². The quantitative estimate of drug-likeness (QED) is 0.626. The first-order chi connectivity index (χ1) is 10.7. The molecule has 1 heterocycles. The van der Waals surface area contributed by atoms with Crippen molar-refractivity contribution in [2.24, 2.45) is 5.73 Å². The summed E-state index contributed by atoms with van der Waals surface area (Å²) in [7, 11) is 0. The fraction of sp³-hybridized carbons (Fsp3) is 0.0526. The van der Waals surface area contributed by atoms with E-state index in [1.54, 1.807) is 0 Å².